The van der Waals surface area contributed by atoms with Crippen LogP contribution in [0.5, 0.6) is 0 Å². The molecular formula is C17H21N3O3S. The Kier molecular flexibility index (Phi) is 4.71. The van der Waals surface area contributed by atoms with Crippen LogP contribution in [-0.4, -0.2) is 48.3 Å². The summed E-state index contributed by atoms with van der Waals surface area (Å²) in [5.74, 6) is -0.0272. The Labute approximate surface area is 141 Å². The fourth-order valence-electron chi connectivity index (χ4n) is 3.15. The van der Waals surface area contributed by atoms with Gasteiger partial charge in [-0.2, -0.15) is 5.10 Å². The first kappa shape index (κ1) is 16.7. The van der Waals surface area contributed by atoms with Gasteiger partial charge < -0.3 is 4.90 Å². The van der Waals surface area contributed by atoms with Gasteiger partial charge in [0.2, 0.25) is 0 Å². The lowest BCUT2D eigenvalue weighted by Gasteiger charge is -2.32. The number of amides is 1. The minimum absolute atomic E-state index is 0.0198. The van der Waals surface area contributed by atoms with Crippen LogP contribution in [0.15, 0.2) is 41.4 Å². The van der Waals surface area contributed by atoms with Crippen molar-refractivity contribution in [2.75, 3.05) is 18.8 Å². The van der Waals surface area contributed by atoms with E-state index in [0.29, 0.717) is 13.1 Å². The van der Waals surface area contributed by atoms with Crippen molar-refractivity contribution in [2.24, 2.45) is 0 Å². The van der Waals surface area contributed by atoms with Crippen molar-refractivity contribution in [3.05, 3.63) is 47.8 Å². The van der Waals surface area contributed by atoms with E-state index in [4.69, 9.17) is 0 Å². The lowest BCUT2D eigenvalue weighted by molar-refractivity contribution is 0.0702. The van der Waals surface area contributed by atoms with Gasteiger partial charge >= 0.3 is 0 Å². The smallest absolute Gasteiger partial charge is 0.255 e. The first-order valence-corrected chi connectivity index (χ1v) is 9.78. The summed E-state index contributed by atoms with van der Waals surface area (Å²) >= 11 is 0. The number of carbonyl (C=O) groups excluding carboxylic acids is 1. The molecular weight excluding hydrogens is 326 g/mol. The molecule has 1 aromatic carbocycles. The highest BCUT2D eigenvalue weighted by Gasteiger charge is 2.29. The summed E-state index contributed by atoms with van der Waals surface area (Å²) in [5, 5.41) is 6.94. The standard InChI is InChI=1S/C17H21N3O3S/c1-2-24(22,23)16-8-4-3-7-14(16)17(21)20-11-5-6-13(12-20)15-9-10-18-19-15/h3-4,7-10,13H,2,5-6,11-12H2,1H3,(H,18,19)/t13-/m1/s1. The fraction of sp³-hybridized carbons (Fsp3) is 0.412. The molecule has 1 aliphatic rings. The Morgan fingerprint density at radius 2 is 2.12 bits per heavy atom. The maximum Gasteiger partial charge on any atom is 0.255 e. The van der Waals surface area contributed by atoms with Gasteiger partial charge in [0.25, 0.3) is 5.91 Å². The molecule has 0 spiro atoms. The largest absolute Gasteiger partial charge is 0.338 e. The number of piperidine rings is 1. The number of nitrogens with one attached hydrogen (secondary N) is 1. The first-order valence-electron chi connectivity index (χ1n) is 8.13. The third-order valence-electron chi connectivity index (χ3n) is 4.50. The zero-order valence-electron chi connectivity index (χ0n) is 13.6. The van der Waals surface area contributed by atoms with E-state index < -0.39 is 9.84 Å². The van der Waals surface area contributed by atoms with Gasteiger partial charge in [0.05, 0.1) is 16.2 Å². The van der Waals surface area contributed by atoms with Crippen LogP contribution >= 0.6 is 0 Å². The van der Waals surface area contributed by atoms with E-state index in [0.717, 1.165) is 18.5 Å². The Morgan fingerprint density at radius 3 is 2.83 bits per heavy atom. The maximum atomic E-state index is 12.9. The number of aromatic amines is 1. The molecule has 1 atom stereocenters. The molecule has 6 nitrogen and oxygen atoms in total. The van der Waals surface area contributed by atoms with Crippen LogP contribution in [0.2, 0.25) is 0 Å². The number of H-pyrrole nitrogens is 1. The van der Waals surface area contributed by atoms with Gasteiger partial charge in [-0.3, -0.25) is 9.89 Å². The zero-order valence-corrected chi connectivity index (χ0v) is 14.4. The summed E-state index contributed by atoms with van der Waals surface area (Å²) in [6, 6.07) is 8.41. The molecule has 0 bridgehead atoms. The SMILES string of the molecule is CCS(=O)(=O)c1ccccc1C(=O)N1CCC[C@@H](c2ccn[nH]2)C1. The average molecular weight is 347 g/mol. The van der Waals surface area contributed by atoms with Gasteiger partial charge in [0.15, 0.2) is 9.84 Å². The molecule has 0 radical (unpaired) electrons. The van der Waals surface area contributed by atoms with Crippen molar-refractivity contribution in [2.45, 2.75) is 30.6 Å². The molecule has 1 fully saturated rings. The highest BCUT2D eigenvalue weighted by Crippen LogP contribution is 2.27. The molecule has 2 heterocycles. The molecule has 0 saturated carbocycles. The number of aromatic nitrogens is 2. The maximum absolute atomic E-state index is 12.9. The number of sulfone groups is 1. The van der Waals surface area contributed by atoms with Gasteiger partial charge in [-0.15, -0.1) is 0 Å². The summed E-state index contributed by atoms with van der Waals surface area (Å²) in [7, 11) is -3.43. The molecule has 3 rings (SSSR count). The monoisotopic (exact) mass is 347 g/mol. The van der Waals surface area contributed by atoms with Crippen LogP contribution in [-0.2, 0) is 9.84 Å². The van der Waals surface area contributed by atoms with Crippen molar-refractivity contribution in [3.8, 4) is 0 Å². The van der Waals surface area contributed by atoms with Crippen LogP contribution < -0.4 is 0 Å². The second kappa shape index (κ2) is 6.76. The van der Waals surface area contributed by atoms with Gasteiger partial charge in [0, 0.05) is 30.9 Å². The van der Waals surface area contributed by atoms with Crippen molar-refractivity contribution >= 4 is 15.7 Å². The summed E-state index contributed by atoms with van der Waals surface area (Å²) < 4.78 is 24.6. The quantitative estimate of drug-likeness (QED) is 0.919. The van der Waals surface area contributed by atoms with E-state index in [2.05, 4.69) is 10.2 Å². The molecule has 1 aromatic heterocycles. The molecule has 2 aromatic rings. The predicted octanol–water partition coefficient (Wildman–Crippen LogP) is 2.22. The van der Waals surface area contributed by atoms with Crippen LogP contribution in [0.1, 0.15) is 41.7 Å². The molecule has 0 aliphatic carbocycles. The van der Waals surface area contributed by atoms with Crippen LogP contribution in [0.3, 0.4) is 0 Å². The molecule has 1 saturated heterocycles. The lowest BCUT2D eigenvalue weighted by atomic mass is 9.94. The molecule has 1 aliphatic heterocycles. The molecule has 128 valence electrons. The van der Waals surface area contributed by atoms with Crippen molar-refractivity contribution < 1.29 is 13.2 Å². The highest BCUT2D eigenvalue weighted by molar-refractivity contribution is 7.91. The topological polar surface area (TPSA) is 83.1 Å². The lowest BCUT2D eigenvalue weighted by Crippen LogP contribution is -2.39. The van der Waals surface area contributed by atoms with Gasteiger partial charge in [-0.25, -0.2) is 8.42 Å². The van der Waals surface area contributed by atoms with Crippen molar-refractivity contribution in [3.63, 3.8) is 0 Å². The van der Waals surface area contributed by atoms with Crippen LogP contribution in [0, 0.1) is 0 Å². The summed E-state index contributed by atoms with van der Waals surface area (Å²) in [6.45, 7) is 2.80. The molecule has 0 unspecified atom stereocenters. The minimum atomic E-state index is -3.43. The van der Waals surface area contributed by atoms with Crippen LogP contribution in [0.25, 0.3) is 0 Å². The summed E-state index contributed by atoms with van der Waals surface area (Å²) in [5.41, 5.74) is 1.28. The van der Waals surface area contributed by atoms with Gasteiger partial charge in [-0.1, -0.05) is 19.1 Å². The Balaban J connectivity index is 1.87. The number of benzene rings is 1. The van der Waals surface area contributed by atoms with Crippen molar-refractivity contribution in [1.82, 2.24) is 15.1 Å². The summed E-state index contributed by atoms with van der Waals surface area (Å²) in [4.78, 5) is 14.8. The molecule has 24 heavy (non-hydrogen) atoms. The first-order chi connectivity index (χ1) is 11.5. The normalized spacial score (nSPS) is 18.5. The third kappa shape index (κ3) is 3.21. The third-order valence-corrected chi connectivity index (χ3v) is 6.29. The Hall–Kier alpha value is -2.15. The van der Waals surface area contributed by atoms with E-state index in [1.807, 2.05) is 6.07 Å². The average Bonchev–Trinajstić information content (AvgIpc) is 3.16. The van der Waals surface area contributed by atoms with Gasteiger partial charge in [0.1, 0.15) is 0 Å². The molecule has 1 N–H and O–H groups in total. The number of likely N-dealkylation sites (tertiary alicyclic amines) is 1. The Morgan fingerprint density at radius 1 is 1.33 bits per heavy atom. The van der Waals surface area contributed by atoms with Crippen LogP contribution in [0.4, 0.5) is 0 Å². The van der Waals surface area contributed by atoms with Gasteiger partial charge in [-0.05, 0) is 31.0 Å². The van der Waals surface area contributed by atoms with E-state index in [1.54, 1.807) is 36.2 Å². The second-order valence-electron chi connectivity index (χ2n) is 6.00. The zero-order chi connectivity index (χ0) is 17.2. The number of carbonyl (C=O) groups is 1. The highest BCUT2D eigenvalue weighted by atomic mass is 32.2. The molecule has 1 amide bonds. The second-order valence-corrected chi connectivity index (χ2v) is 8.25. The van der Waals surface area contributed by atoms with E-state index in [-0.39, 0.29) is 28.0 Å². The van der Waals surface area contributed by atoms with E-state index in [1.165, 1.54) is 6.07 Å². The number of rotatable bonds is 4. The van der Waals surface area contributed by atoms with E-state index in [9.17, 15) is 13.2 Å². The molecule has 7 heteroatoms. The minimum Gasteiger partial charge on any atom is -0.338 e. The Bertz CT molecular complexity index is 815. The van der Waals surface area contributed by atoms with Crippen molar-refractivity contribution in [1.29, 1.82) is 0 Å². The van der Waals surface area contributed by atoms with E-state index >= 15 is 0 Å². The predicted molar refractivity (Wildman–Crippen MR) is 90.6 cm³/mol. The fourth-order valence-corrected chi connectivity index (χ4v) is 4.24. The number of hydrogen-bond acceptors (Lipinski definition) is 4. The summed E-state index contributed by atoms with van der Waals surface area (Å²) in [6.07, 6.45) is 3.58. The number of nitrogens with zero attached hydrogens (tertiary/aromatic N) is 2. The number of hydrogen-bond donors (Lipinski definition) is 1.